The maximum absolute atomic E-state index is 12.3. The molecule has 0 aromatic rings. The van der Waals surface area contributed by atoms with Gasteiger partial charge in [0.2, 0.25) is 0 Å². The lowest BCUT2D eigenvalue weighted by molar-refractivity contribution is -0.135. The van der Waals surface area contributed by atoms with Crippen molar-refractivity contribution in [3.63, 3.8) is 0 Å². The van der Waals surface area contributed by atoms with Crippen LogP contribution in [-0.4, -0.2) is 25.0 Å². The molecule has 0 N–H and O–H groups in total. The van der Waals surface area contributed by atoms with E-state index in [1.165, 1.54) is 0 Å². The molecular weight excluding hydrogens is 220 g/mol. The Morgan fingerprint density at radius 3 is 2.82 bits per heavy atom. The highest BCUT2D eigenvalue weighted by Gasteiger charge is 2.55. The van der Waals surface area contributed by atoms with Crippen LogP contribution in [0.3, 0.4) is 0 Å². The Morgan fingerprint density at radius 2 is 1.94 bits per heavy atom. The maximum Gasteiger partial charge on any atom is 0.338 e. The summed E-state index contributed by atoms with van der Waals surface area (Å²) in [5.41, 5.74) is 0.544. The van der Waals surface area contributed by atoms with E-state index in [1.807, 2.05) is 0 Å². The van der Waals surface area contributed by atoms with Gasteiger partial charge in [-0.25, -0.2) is 4.79 Å². The molecule has 2 aliphatic carbocycles. The number of hydrogen-bond donors (Lipinski definition) is 0. The molecule has 0 amide bonds. The molecule has 0 spiro atoms. The second kappa shape index (κ2) is 3.12. The quantitative estimate of drug-likeness (QED) is 0.588. The van der Waals surface area contributed by atoms with Gasteiger partial charge in [-0.05, 0) is 25.2 Å². The zero-order valence-corrected chi connectivity index (χ0v) is 9.48. The highest BCUT2D eigenvalue weighted by molar-refractivity contribution is 6.03. The standard InChI is InChI=1S/C13H14O4/c14-11-7-2-1-6-3-4-16-12(9(6)7)10-8(11)5-17-13(10)15/h6-9H,1-5H2/t6-,7-,8+,9+/m1/s1. The number of carbonyl (C=O) groups is 2. The predicted molar refractivity (Wildman–Crippen MR) is 56.8 cm³/mol. The van der Waals surface area contributed by atoms with Crippen LogP contribution in [0.4, 0.5) is 0 Å². The monoisotopic (exact) mass is 234 g/mol. The lowest BCUT2D eigenvalue weighted by atomic mass is 9.71. The van der Waals surface area contributed by atoms with Crippen LogP contribution in [0.15, 0.2) is 11.3 Å². The summed E-state index contributed by atoms with van der Waals surface area (Å²) in [6.45, 7) is 0.911. The molecule has 2 saturated heterocycles. The molecule has 4 nitrogen and oxygen atoms in total. The molecule has 0 unspecified atom stereocenters. The molecular formula is C13H14O4. The first-order chi connectivity index (χ1) is 8.27. The van der Waals surface area contributed by atoms with Crippen LogP contribution in [-0.2, 0) is 19.1 Å². The van der Waals surface area contributed by atoms with E-state index in [0.29, 0.717) is 18.1 Å². The largest absolute Gasteiger partial charge is 0.497 e. The first kappa shape index (κ1) is 9.68. The molecule has 4 rings (SSSR count). The number of ketones is 1. The van der Waals surface area contributed by atoms with Crippen molar-refractivity contribution < 1.29 is 19.1 Å². The average molecular weight is 234 g/mol. The fraction of sp³-hybridized carbons (Fsp3) is 0.692. The van der Waals surface area contributed by atoms with Crippen molar-refractivity contribution in [2.75, 3.05) is 13.2 Å². The molecule has 90 valence electrons. The average Bonchev–Trinajstić information content (AvgIpc) is 2.91. The molecule has 2 heterocycles. The van der Waals surface area contributed by atoms with E-state index in [0.717, 1.165) is 25.0 Å². The number of carbonyl (C=O) groups excluding carboxylic acids is 2. The second-order valence-corrected chi connectivity index (χ2v) is 5.44. The van der Waals surface area contributed by atoms with Crippen molar-refractivity contribution in [1.29, 1.82) is 0 Å². The molecule has 4 atom stereocenters. The van der Waals surface area contributed by atoms with Gasteiger partial charge in [0.25, 0.3) is 0 Å². The lowest BCUT2D eigenvalue weighted by Gasteiger charge is -2.36. The van der Waals surface area contributed by atoms with Crippen molar-refractivity contribution in [2.24, 2.45) is 23.7 Å². The first-order valence-corrected chi connectivity index (χ1v) is 6.35. The molecule has 0 bridgehead atoms. The van der Waals surface area contributed by atoms with Gasteiger partial charge in [-0.3, -0.25) is 4.79 Å². The van der Waals surface area contributed by atoms with Crippen LogP contribution in [0, 0.1) is 23.7 Å². The minimum atomic E-state index is -0.337. The third-order valence-corrected chi connectivity index (χ3v) is 4.76. The van der Waals surface area contributed by atoms with Gasteiger partial charge in [-0.2, -0.15) is 0 Å². The van der Waals surface area contributed by atoms with E-state index in [1.54, 1.807) is 0 Å². The summed E-state index contributed by atoms with van der Waals surface area (Å²) in [7, 11) is 0. The van der Waals surface area contributed by atoms with Gasteiger partial charge in [0.1, 0.15) is 18.1 Å². The molecule has 4 aliphatic rings. The summed E-state index contributed by atoms with van der Waals surface area (Å²) in [6, 6.07) is 0. The summed E-state index contributed by atoms with van der Waals surface area (Å²) >= 11 is 0. The maximum atomic E-state index is 12.3. The molecule has 3 fully saturated rings. The SMILES string of the molecule is O=C1OC[C@@H]2C(=O)[C@@H]3CC[C@@H]4CCOC(=C12)[C@@H]43. The highest BCUT2D eigenvalue weighted by atomic mass is 16.5. The van der Waals surface area contributed by atoms with E-state index < -0.39 is 0 Å². The number of allylic oxidation sites excluding steroid dienone is 1. The Hall–Kier alpha value is -1.32. The Labute approximate surface area is 99.0 Å². The van der Waals surface area contributed by atoms with Crippen molar-refractivity contribution in [3.8, 4) is 0 Å². The number of cyclic esters (lactones) is 1. The minimum absolute atomic E-state index is 0.0820. The number of ether oxygens (including phenoxy) is 2. The Balaban J connectivity index is 1.90. The van der Waals surface area contributed by atoms with Gasteiger partial charge in [0.05, 0.1) is 18.1 Å². The Bertz CT molecular complexity index is 450. The van der Waals surface area contributed by atoms with Gasteiger partial charge in [0, 0.05) is 11.8 Å². The molecule has 0 aromatic heterocycles. The van der Waals surface area contributed by atoms with Crippen LogP contribution < -0.4 is 0 Å². The van der Waals surface area contributed by atoms with Gasteiger partial charge < -0.3 is 9.47 Å². The minimum Gasteiger partial charge on any atom is -0.497 e. The van der Waals surface area contributed by atoms with Gasteiger partial charge in [0.15, 0.2) is 0 Å². The summed E-state index contributed by atoms with van der Waals surface area (Å²) < 4.78 is 10.8. The summed E-state index contributed by atoms with van der Waals surface area (Å²) in [5.74, 6) is 1.14. The fourth-order valence-corrected chi connectivity index (χ4v) is 4.01. The number of hydrogen-bond acceptors (Lipinski definition) is 4. The van der Waals surface area contributed by atoms with Gasteiger partial charge >= 0.3 is 5.97 Å². The molecule has 4 heteroatoms. The van der Waals surface area contributed by atoms with Gasteiger partial charge in [-0.1, -0.05) is 0 Å². The topological polar surface area (TPSA) is 52.6 Å². The summed E-state index contributed by atoms with van der Waals surface area (Å²) in [6.07, 6.45) is 3.08. The molecule has 17 heavy (non-hydrogen) atoms. The highest BCUT2D eigenvalue weighted by Crippen LogP contribution is 2.53. The fourth-order valence-electron chi connectivity index (χ4n) is 4.01. The van der Waals surface area contributed by atoms with Crippen molar-refractivity contribution in [3.05, 3.63) is 11.3 Å². The second-order valence-electron chi connectivity index (χ2n) is 5.44. The van der Waals surface area contributed by atoms with E-state index in [4.69, 9.17) is 9.47 Å². The zero-order valence-electron chi connectivity index (χ0n) is 9.48. The zero-order chi connectivity index (χ0) is 11.6. The smallest absolute Gasteiger partial charge is 0.338 e. The third-order valence-electron chi connectivity index (χ3n) is 4.76. The van der Waals surface area contributed by atoms with Crippen LogP contribution in [0.5, 0.6) is 0 Å². The lowest BCUT2D eigenvalue weighted by Crippen LogP contribution is -2.39. The van der Waals surface area contributed by atoms with Crippen LogP contribution in [0.2, 0.25) is 0 Å². The summed E-state index contributed by atoms with van der Waals surface area (Å²) in [4.78, 5) is 24.1. The molecule has 1 saturated carbocycles. The van der Waals surface area contributed by atoms with E-state index in [-0.39, 0.29) is 36.1 Å². The van der Waals surface area contributed by atoms with Gasteiger partial charge in [-0.15, -0.1) is 0 Å². The van der Waals surface area contributed by atoms with Crippen molar-refractivity contribution in [1.82, 2.24) is 0 Å². The Morgan fingerprint density at radius 1 is 1.06 bits per heavy atom. The number of Topliss-reactive ketones (excluding diaryl/α,β-unsaturated/α-hetero) is 1. The third kappa shape index (κ3) is 1.08. The van der Waals surface area contributed by atoms with E-state index in [9.17, 15) is 9.59 Å². The van der Waals surface area contributed by atoms with Crippen LogP contribution in [0.25, 0.3) is 0 Å². The van der Waals surface area contributed by atoms with Crippen molar-refractivity contribution in [2.45, 2.75) is 19.3 Å². The summed E-state index contributed by atoms with van der Waals surface area (Å²) in [5, 5.41) is 0. The molecule has 2 aliphatic heterocycles. The van der Waals surface area contributed by atoms with E-state index in [2.05, 4.69) is 0 Å². The Kier molecular flexibility index (Phi) is 1.78. The number of esters is 1. The number of fused-ring (bicyclic) bond motifs is 1. The first-order valence-electron chi connectivity index (χ1n) is 6.35. The normalized spacial score (nSPS) is 43.1. The van der Waals surface area contributed by atoms with Crippen LogP contribution in [0.1, 0.15) is 19.3 Å². The van der Waals surface area contributed by atoms with Crippen LogP contribution >= 0.6 is 0 Å². The predicted octanol–water partition coefficient (Wildman–Crippen LogP) is 1.06. The molecule has 0 aromatic carbocycles. The number of rotatable bonds is 0. The molecule has 0 radical (unpaired) electrons. The van der Waals surface area contributed by atoms with Crippen molar-refractivity contribution >= 4 is 11.8 Å². The van der Waals surface area contributed by atoms with E-state index >= 15 is 0 Å².